The van der Waals surface area contributed by atoms with Crippen molar-refractivity contribution in [2.24, 2.45) is 11.7 Å². The van der Waals surface area contributed by atoms with Crippen LogP contribution < -0.4 is 16.4 Å². The lowest BCUT2D eigenvalue weighted by molar-refractivity contribution is 0.0117. The Balaban J connectivity index is 6.44. The zero-order chi connectivity index (χ0) is 55.6. The fourth-order valence-electron chi connectivity index (χ4n) is 6.96. The summed E-state index contributed by atoms with van der Waals surface area (Å²) < 4.78 is 34.1. The maximum absolute atomic E-state index is 14.0. The SMILES string of the molecule is CC(C)(C)OC(=O)NCCCN(CCCCN(CC(CCCCCCN)CN(CCCCN(CCCNC(=O)OC(C)(C)C)C(=O)OC(C)(C)C)C(=O)OC(C)(C)C)C(=O)OC(C)(C)C)C(=O)OC(C)(C)C. The summed E-state index contributed by atoms with van der Waals surface area (Å²) in [5.41, 5.74) is 1.59. The van der Waals surface area contributed by atoms with E-state index in [1.54, 1.807) is 61.1 Å². The number of rotatable bonds is 28. The first-order valence-corrected chi connectivity index (χ1v) is 26.4. The van der Waals surface area contributed by atoms with Crippen molar-refractivity contribution in [3.63, 3.8) is 0 Å². The smallest absolute Gasteiger partial charge is 0.410 e. The Bertz CT molecular complexity index is 1490. The quantitative estimate of drug-likeness (QED) is 0.0491. The van der Waals surface area contributed by atoms with Crippen molar-refractivity contribution in [3.8, 4) is 0 Å². The number of carbonyl (C=O) groups excluding carboxylic acids is 6. The Morgan fingerprint density at radius 1 is 0.361 bits per heavy atom. The van der Waals surface area contributed by atoms with E-state index in [2.05, 4.69) is 10.6 Å². The van der Waals surface area contributed by atoms with Crippen LogP contribution >= 0.6 is 0 Å². The summed E-state index contributed by atoms with van der Waals surface area (Å²) in [5, 5.41) is 5.49. The van der Waals surface area contributed by atoms with Gasteiger partial charge in [-0.1, -0.05) is 19.3 Å². The number of unbranched alkanes of at least 4 members (excludes halogenated alkanes) is 5. The minimum Gasteiger partial charge on any atom is -0.444 e. The number of nitrogens with zero attached hydrogens (tertiary/aromatic N) is 4. The van der Waals surface area contributed by atoms with Gasteiger partial charge in [0.2, 0.25) is 0 Å². The molecule has 0 rings (SSSR count). The predicted octanol–water partition coefficient (Wildman–Crippen LogP) is 10.9. The van der Waals surface area contributed by atoms with E-state index in [1.165, 1.54) is 0 Å². The molecule has 0 aromatic rings. The summed E-state index contributed by atoms with van der Waals surface area (Å²) in [4.78, 5) is 85.9. The van der Waals surface area contributed by atoms with E-state index < -0.39 is 70.2 Å². The van der Waals surface area contributed by atoms with Crippen molar-refractivity contribution < 1.29 is 57.2 Å². The van der Waals surface area contributed by atoms with E-state index in [1.807, 2.05) is 83.1 Å². The van der Waals surface area contributed by atoms with Gasteiger partial charge >= 0.3 is 36.6 Å². The first-order valence-electron chi connectivity index (χ1n) is 26.4. The highest BCUT2D eigenvalue weighted by atomic mass is 16.6. The van der Waals surface area contributed by atoms with Gasteiger partial charge in [-0.3, -0.25) is 0 Å². The van der Waals surface area contributed by atoms with Crippen LogP contribution in [-0.2, 0) is 28.4 Å². The van der Waals surface area contributed by atoms with Crippen LogP contribution in [0.25, 0.3) is 0 Å². The summed E-state index contributed by atoms with van der Waals surface area (Å²) in [6, 6.07) is 0. The average Bonchev–Trinajstić information content (AvgIpc) is 3.17. The monoisotopic (exact) mass is 1030 g/mol. The molecule has 4 N–H and O–H groups in total. The molecule has 0 aliphatic carbocycles. The normalized spacial score (nSPS) is 12.4. The first-order chi connectivity index (χ1) is 32.9. The molecule has 0 aromatic heterocycles. The number of carbonyl (C=O) groups is 6. The lowest BCUT2D eigenvalue weighted by Gasteiger charge is -2.34. The molecule has 0 heterocycles. The van der Waals surface area contributed by atoms with Crippen LogP contribution in [0.5, 0.6) is 0 Å². The first kappa shape index (κ1) is 67.6. The van der Waals surface area contributed by atoms with Gasteiger partial charge in [-0.2, -0.15) is 0 Å². The number of nitrogens with one attached hydrogen (secondary N) is 2. The fourth-order valence-corrected chi connectivity index (χ4v) is 6.96. The Morgan fingerprint density at radius 3 is 0.917 bits per heavy atom. The van der Waals surface area contributed by atoms with Crippen molar-refractivity contribution in [1.82, 2.24) is 30.2 Å². The van der Waals surface area contributed by atoms with Gasteiger partial charge in [0.25, 0.3) is 0 Å². The minimum atomic E-state index is -0.766. The number of hydrogen-bond acceptors (Lipinski definition) is 13. The van der Waals surface area contributed by atoms with Crippen LogP contribution in [0, 0.1) is 5.92 Å². The molecule has 422 valence electrons. The molecule has 0 spiro atoms. The molecule has 0 fully saturated rings. The summed E-state index contributed by atoms with van der Waals surface area (Å²) in [6.45, 7) is 36.4. The van der Waals surface area contributed by atoms with Crippen LogP contribution in [-0.4, -0.2) is 162 Å². The van der Waals surface area contributed by atoms with E-state index in [4.69, 9.17) is 34.2 Å². The van der Waals surface area contributed by atoms with Gasteiger partial charge in [-0.15, -0.1) is 0 Å². The van der Waals surface area contributed by atoms with Crippen LogP contribution in [0.4, 0.5) is 28.8 Å². The van der Waals surface area contributed by atoms with Gasteiger partial charge in [-0.25, -0.2) is 28.8 Å². The third kappa shape index (κ3) is 38.2. The van der Waals surface area contributed by atoms with E-state index in [0.717, 1.165) is 32.1 Å². The van der Waals surface area contributed by atoms with Crippen molar-refractivity contribution in [1.29, 1.82) is 0 Å². The van der Waals surface area contributed by atoms with Gasteiger partial charge in [0.15, 0.2) is 0 Å². The predicted molar refractivity (Wildman–Crippen MR) is 283 cm³/mol. The number of alkyl carbamates (subject to hydrolysis) is 2. The molecule has 19 heteroatoms. The Morgan fingerprint density at radius 2 is 0.625 bits per heavy atom. The topological polar surface area (TPSA) is 221 Å². The largest absolute Gasteiger partial charge is 0.444 e. The standard InChI is InChI=1S/C53H103N7O12/c1-48(2,3)67-42(61)55-31-27-37-57(44(63)69-50(7,8)9)33-23-25-35-59(46(65)71-52(13,14)15)39-41(29-21-19-20-22-30-54)40-60(47(66)72-53(16,17)18)36-26-24-34-58(45(64)70-51(10,11)12)38-28-32-56-43(62)68-49(4,5)6/h41H,19-40,54H2,1-18H3,(H,55,61)(H,56,62). The molecule has 0 aliphatic rings. The van der Waals surface area contributed by atoms with E-state index in [9.17, 15) is 28.8 Å². The van der Waals surface area contributed by atoms with Crippen molar-refractivity contribution in [2.45, 2.75) is 229 Å². The number of ether oxygens (including phenoxy) is 6. The Labute approximate surface area is 435 Å². The van der Waals surface area contributed by atoms with Gasteiger partial charge < -0.3 is 64.4 Å². The molecule has 19 nitrogen and oxygen atoms in total. The van der Waals surface area contributed by atoms with Crippen molar-refractivity contribution >= 4 is 36.6 Å². The fraction of sp³-hybridized carbons (Fsp3) is 0.887. The summed E-state index contributed by atoms with van der Waals surface area (Å²) in [7, 11) is 0. The molecule has 0 unspecified atom stereocenters. The number of nitrogens with two attached hydrogens (primary N) is 1. The molecule has 6 amide bonds. The maximum Gasteiger partial charge on any atom is 0.410 e. The highest BCUT2D eigenvalue weighted by Gasteiger charge is 2.30. The molecule has 72 heavy (non-hydrogen) atoms. The molecule has 0 aromatic carbocycles. The second-order valence-corrected chi connectivity index (χ2v) is 24.6. The third-order valence-corrected chi connectivity index (χ3v) is 9.89. The van der Waals surface area contributed by atoms with Crippen molar-refractivity contribution in [2.75, 3.05) is 72.0 Å². The lowest BCUT2D eigenvalue weighted by atomic mass is 9.98. The van der Waals surface area contributed by atoms with Crippen LogP contribution in [0.2, 0.25) is 0 Å². The molecule has 0 saturated carbocycles. The summed E-state index contributed by atoms with van der Waals surface area (Å²) in [5.74, 6) is -0.158. The summed E-state index contributed by atoms with van der Waals surface area (Å²) >= 11 is 0. The average molecular weight is 1030 g/mol. The molecular weight excluding hydrogens is 927 g/mol. The highest BCUT2D eigenvalue weighted by molar-refractivity contribution is 5.70. The van der Waals surface area contributed by atoms with E-state index >= 15 is 0 Å². The lowest BCUT2D eigenvalue weighted by Crippen LogP contribution is -2.45. The molecule has 0 saturated heterocycles. The maximum atomic E-state index is 14.0. The summed E-state index contributed by atoms with van der Waals surface area (Å²) in [6.07, 6.45) is 4.57. The van der Waals surface area contributed by atoms with Gasteiger partial charge in [0, 0.05) is 65.4 Å². The van der Waals surface area contributed by atoms with Gasteiger partial charge in [0.1, 0.15) is 33.6 Å². The van der Waals surface area contributed by atoms with E-state index in [0.29, 0.717) is 111 Å². The Hall–Kier alpha value is -4.42. The van der Waals surface area contributed by atoms with E-state index in [-0.39, 0.29) is 5.92 Å². The van der Waals surface area contributed by atoms with Crippen LogP contribution in [0.1, 0.15) is 195 Å². The van der Waals surface area contributed by atoms with Crippen molar-refractivity contribution in [3.05, 3.63) is 0 Å². The van der Waals surface area contributed by atoms with Gasteiger partial charge in [0.05, 0.1) is 0 Å². The third-order valence-electron chi connectivity index (χ3n) is 9.89. The zero-order valence-corrected chi connectivity index (χ0v) is 48.4. The molecule has 0 atom stereocenters. The minimum absolute atomic E-state index is 0.158. The zero-order valence-electron chi connectivity index (χ0n) is 48.4. The molecular formula is C53H103N7O12. The highest BCUT2D eigenvalue weighted by Crippen LogP contribution is 2.21. The molecule has 0 aliphatic heterocycles. The molecule has 0 radical (unpaired) electrons. The van der Waals surface area contributed by atoms with Crippen LogP contribution in [0.15, 0.2) is 0 Å². The van der Waals surface area contributed by atoms with Gasteiger partial charge in [-0.05, 0) is 188 Å². The number of hydrogen-bond donors (Lipinski definition) is 3. The second kappa shape index (κ2) is 32.0. The van der Waals surface area contributed by atoms with Crippen LogP contribution in [0.3, 0.4) is 0 Å². The Kier molecular flexibility index (Phi) is 30.0. The molecule has 0 bridgehead atoms. The second-order valence-electron chi connectivity index (χ2n) is 24.6. The number of amides is 6.